The van der Waals surface area contributed by atoms with Crippen molar-refractivity contribution in [1.29, 1.82) is 0 Å². The number of rotatable bonds is 3. The summed E-state index contributed by atoms with van der Waals surface area (Å²) in [5, 5.41) is 10.1. The monoisotopic (exact) mass is 288 g/mol. The number of hydrogen-bond donors (Lipinski definition) is 1. The summed E-state index contributed by atoms with van der Waals surface area (Å²) in [5.41, 5.74) is 0.544. The van der Waals surface area contributed by atoms with Crippen LogP contribution in [0.5, 0.6) is 0 Å². The SMILES string of the molecule is C[C@]1(O)CCN([C@@H]2CCCN(Cc3ccccc3)C2=O)C1. The Bertz CT molecular complexity index is 501. The molecule has 2 atom stereocenters. The zero-order valence-electron chi connectivity index (χ0n) is 12.7. The van der Waals surface area contributed by atoms with Crippen LogP contribution in [0.1, 0.15) is 31.7 Å². The fourth-order valence-corrected chi connectivity index (χ4v) is 3.47. The van der Waals surface area contributed by atoms with Gasteiger partial charge in [-0.05, 0) is 31.7 Å². The molecular weight excluding hydrogens is 264 g/mol. The van der Waals surface area contributed by atoms with E-state index in [0.29, 0.717) is 13.1 Å². The Morgan fingerprint density at radius 3 is 2.71 bits per heavy atom. The van der Waals surface area contributed by atoms with Gasteiger partial charge >= 0.3 is 0 Å². The Morgan fingerprint density at radius 1 is 1.29 bits per heavy atom. The van der Waals surface area contributed by atoms with E-state index in [2.05, 4.69) is 17.0 Å². The second-order valence-corrected chi connectivity index (χ2v) is 6.62. The molecule has 1 amide bonds. The van der Waals surface area contributed by atoms with Crippen molar-refractivity contribution in [2.75, 3.05) is 19.6 Å². The predicted molar refractivity (Wildman–Crippen MR) is 81.7 cm³/mol. The van der Waals surface area contributed by atoms with E-state index in [4.69, 9.17) is 0 Å². The number of carbonyl (C=O) groups excluding carboxylic acids is 1. The Morgan fingerprint density at radius 2 is 2.05 bits per heavy atom. The van der Waals surface area contributed by atoms with Crippen molar-refractivity contribution < 1.29 is 9.90 Å². The van der Waals surface area contributed by atoms with Crippen LogP contribution < -0.4 is 0 Å². The Labute approximate surface area is 126 Å². The summed E-state index contributed by atoms with van der Waals surface area (Å²) in [4.78, 5) is 16.9. The van der Waals surface area contributed by atoms with Gasteiger partial charge in [0, 0.05) is 26.2 Å². The lowest BCUT2D eigenvalue weighted by Gasteiger charge is -2.37. The molecule has 3 rings (SSSR count). The summed E-state index contributed by atoms with van der Waals surface area (Å²) in [7, 11) is 0. The third-order valence-electron chi connectivity index (χ3n) is 4.64. The van der Waals surface area contributed by atoms with E-state index in [-0.39, 0.29) is 11.9 Å². The fourth-order valence-electron chi connectivity index (χ4n) is 3.47. The van der Waals surface area contributed by atoms with Crippen LogP contribution in [0, 0.1) is 0 Å². The molecule has 0 spiro atoms. The highest BCUT2D eigenvalue weighted by Crippen LogP contribution is 2.27. The number of piperidine rings is 1. The lowest BCUT2D eigenvalue weighted by molar-refractivity contribution is -0.140. The lowest BCUT2D eigenvalue weighted by Crippen LogP contribution is -2.52. The number of β-amino-alcohol motifs (C(OH)–C–C–N with tert-alkyl or cyclic N) is 1. The first kappa shape index (κ1) is 14.5. The summed E-state index contributed by atoms with van der Waals surface area (Å²) in [6.45, 7) is 4.84. The van der Waals surface area contributed by atoms with E-state index in [9.17, 15) is 9.90 Å². The molecule has 0 saturated carbocycles. The molecule has 1 aromatic carbocycles. The van der Waals surface area contributed by atoms with Crippen LogP contribution in [-0.2, 0) is 11.3 Å². The molecule has 0 aromatic heterocycles. The van der Waals surface area contributed by atoms with Gasteiger partial charge in [0.2, 0.25) is 5.91 Å². The van der Waals surface area contributed by atoms with Crippen molar-refractivity contribution >= 4 is 5.91 Å². The van der Waals surface area contributed by atoms with Gasteiger partial charge < -0.3 is 10.0 Å². The third-order valence-corrected chi connectivity index (χ3v) is 4.64. The largest absolute Gasteiger partial charge is 0.389 e. The first-order chi connectivity index (χ1) is 10.1. The highest BCUT2D eigenvalue weighted by Gasteiger charge is 2.40. The zero-order chi connectivity index (χ0) is 14.9. The van der Waals surface area contributed by atoms with Gasteiger partial charge in [-0.3, -0.25) is 9.69 Å². The van der Waals surface area contributed by atoms with Crippen LogP contribution in [0.2, 0.25) is 0 Å². The molecule has 2 aliphatic rings. The summed E-state index contributed by atoms with van der Waals surface area (Å²) < 4.78 is 0. The molecule has 2 heterocycles. The third kappa shape index (κ3) is 3.27. The van der Waals surface area contributed by atoms with Gasteiger partial charge in [-0.25, -0.2) is 0 Å². The van der Waals surface area contributed by atoms with E-state index in [0.717, 1.165) is 32.4 Å². The number of amides is 1. The van der Waals surface area contributed by atoms with Gasteiger partial charge in [0.25, 0.3) is 0 Å². The second-order valence-electron chi connectivity index (χ2n) is 6.62. The fraction of sp³-hybridized carbons (Fsp3) is 0.588. The maximum Gasteiger partial charge on any atom is 0.240 e. The molecule has 1 aromatic rings. The average molecular weight is 288 g/mol. The first-order valence-corrected chi connectivity index (χ1v) is 7.84. The standard InChI is InChI=1S/C17H24N2O2/c1-17(21)9-11-19(13-17)15-8-5-10-18(16(15)20)12-14-6-3-2-4-7-14/h2-4,6-7,15,21H,5,8-13H2,1H3/t15-,17+/m1/s1. The molecule has 0 aliphatic carbocycles. The molecule has 0 radical (unpaired) electrons. The summed E-state index contributed by atoms with van der Waals surface area (Å²) >= 11 is 0. The lowest BCUT2D eigenvalue weighted by atomic mass is 10.0. The highest BCUT2D eigenvalue weighted by molar-refractivity contribution is 5.82. The predicted octanol–water partition coefficient (Wildman–Crippen LogP) is 1.63. The van der Waals surface area contributed by atoms with Crippen molar-refractivity contribution in [2.24, 2.45) is 0 Å². The molecule has 2 saturated heterocycles. The first-order valence-electron chi connectivity index (χ1n) is 7.84. The van der Waals surface area contributed by atoms with Gasteiger partial charge in [-0.1, -0.05) is 30.3 Å². The van der Waals surface area contributed by atoms with Crippen molar-refractivity contribution in [1.82, 2.24) is 9.80 Å². The number of hydrogen-bond acceptors (Lipinski definition) is 3. The smallest absolute Gasteiger partial charge is 0.240 e. The molecule has 114 valence electrons. The minimum absolute atomic E-state index is 0.0450. The Balaban J connectivity index is 1.67. The van der Waals surface area contributed by atoms with Gasteiger partial charge in [-0.2, -0.15) is 0 Å². The van der Waals surface area contributed by atoms with E-state index in [1.807, 2.05) is 30.0 Å². The normalized spacial score (nSPS) is 30.9. The van der Waals surface area contributed by atoms with Crippen LogP contribution in [0.3, 0.4) is 0 Å². The van der Waals surface area contributed by atoms with E-state index < -0.39 is 5.60 Å². The maximum atomic E-state index is 12.7. The molecule has 4 nitrogen and oxygen atoms in total. The van der Waals surface area contributed by atoms with Crippen LogP contribution >= 0.6 is 0 Å². The molecular formula is C17H24N2O2. The van der Waals surface area contributed by atoms with Crippen LogP contribution in [0.4, 0.5) is 0 Å². The van der Waals surface area contributed by atoms with Crippen LogP contribution in [0.25, 0.3) is 0 Å². The van der Waals surface area contributed by atoms with Crippen molar-refractivity contribution in [2.45, 2.75) is 44.4 Å². The maximum absolute atomic E-state index is 12.7. The van der Waals surface area contributed by atoms with Crippen molar-refractivity contribution in [3.63, 3.8) is 0 Å². The number of nitrogens with zero attached hydrogens (tertiary/aromatic N) is 2. The Hall–Kier alpha value is -1.39. The van der Waals surface area contributed by atoms with Gasteiger partial charge in [0.1, 0.15) is 0 Å². The van der Waals surface area contributed by atoms with Gasteiger partial charge in [-0.15, -0.1) is 0 Å². The van der Waals surface area contributed by atoms with Gasteiger partial charge in [0.05, 0.1) is 11.6 Å². The molecule has 21 heavy (non-hydrogen) atoms. The molecule has 0 bridgehead atoms. The second kappa shape index (κ2) is 5.78. The van der Waals surface area contributed by atoms with Gasteiger partial charge in [0.15, 0.2) is 0 Å². The zero-order valence-corrected chi connectivity index (χ0v) is 12.7. The molecule has 4 heteroatoms. The summed E-state index contributed by atoms with van der Waals surface area (Å²) in [6.07, 6.45) is 2.72. The summed E-state index contributed by atoms with van der Waals surface area (Å²) in [5.74, 6) is 0.225. The quantitative estimate of drug-likeness (QED) is 0.919. The number of likely N-dealkylation sites (tertiary alicyclic amines) is 2. The minimum atomic E-state index is -0.637. The van der Waals surface area contributed by atoms with E-state index in [1.165, 1.54) is 5.56 Å². The average Bonchev–Trinajstić information content (AvgIpc) is 2.82. The van der Waals surface area contributed by atoms with Crippen LogP contribution in [-0.4, -0.2) is 52.1 Å². The molecule has 0 unspecified atom stereocenters. The molecule has 2 aliphatic heterocycles. The number of carbonyl (C=O) groups is 1. The number of benzene rings is 1. The van der Waals surface area contributed by atoms with E-state index >= 15 is 0 Å². The Kier molecular flexibility index (Phi) is 4.00. The topological polar surface area (TPSA) is 43.8 Å². The number of aliphatic hydroxyl groups is 1. The minimum Gasteiger partial charge on any atom is -0.389 e. The summed E-state index contributed by atoms with van der Waals surface area (Å²) in [6, 6.07) is 10.1. The molecule has 2 fully saturated rings. The van der Waals surface area contributed by atoms with Crippen molar-refractivity contribution in [3.8, 4) is 0 Å². The van der Waals surface area contributed by atoms with Crippen LogP contribution in [0.15, 0.2) is 30.3 Å². The molecule has 1 N–H and O–H groups in total. The van der Waals surface area contributed by atoms with E-state index in [1.54, 1.807) is 0 Å². The van der Waals surface area contributed by atoms with Crippen molar-refractivity contribution in [3.05, 3.63) is 35.9 Å². The highest BCUT2D eigenvalue weighted by atomic mass is 16.3.